The summed E-state index contributed by atoms with van der Waals surface area (Å²) in [7, 11) is 1.30. The molecule has 0 saturated carbocycles. The normalized spacial score (nSPS) is 13.8. The van der Waals surface area contributed by atoms with Gasteiger partial charge in [-0.25, -0.2) is 9.59 Å². The quantitative estimate of drug-likeness (QED) is 0.467. The highest BCUT2D eigenvalue weighted by molar-refractivity contribution is 7.80. The lowest BCUT2D eigenvalue weighted by Gasteiger charge is -2.21. The average molecular weight is 275 g/mol. The third-order valence-electron chi connectivity index (χ3n) is 1.86. The molecule has 5 nitrogen and oxygen atoms in total. The van der Waals surface area contributed by atoms with E-state index in [0.717, 1.165) is 0 Å². The molecule has 1 atom stereocenters. The van der Waals surface area contributed by atoms with E-state index in [0.29, 0.717) is 11.3 Å². The van der Waals surface area contributed by atoms with Gasteiger partial charge in [0.05, 0.1) is 13.2 Å². The first kappa shape index (κ1) is 16.8. The van der Waals surface area contributed by atoms with Crippen LogP contribution in [0.3, 0.4) is 0 Å². The van der Waals surface area contributed by atoms with Crippen molar-refractivity contribution in [1.82, 2.24) is 5.32 Å². The summed E-state index contributed by atoms with van der Waals surface area (Å²) in [5.41, 5.74) is -0.153. The molecule has 0 fully saturated rings. The maximum Gasteiger partial charge on any atom is 0.408 e. The van der Waals surface area contributed by atoms with Crippen LogP contribution in [-0.2, 0) is 14.3 Å². The fourth-order valence-electron chi connectivity index (χ4n) is 1.13. The lowest BCUT2D eigenvalue weighted by atomic mass is 10.2. The first-order chi connectivity index (χ1) is 8.19. The van der Waals surface area contributed by atoms with Crippen molar-refractivity contribution in [2.45, 2.75) is 39.3 Å². The van der Waals surface area contributed by atoms with Crippen molar-refractivity contribution < 1.29 is 19.1 Å². The predicted octanol–water partition coefficient (Wildman–Crippen LogP) is 1.93. The van der Waals surface area contributed by atoms with E-state index >= 15 is 0 Å². The zero-order valence-corrected chi connectivity index (χ0v) is 12.3. The number of amides is 1. The van der Waals surface area contributed by atoms with Gasteiger partial charge in [0.1, 0.15) is 5.60 Å². The van der Waals surface area contributed by atoms with E-state index in [1.54, 1.807) is 33.8 Å². The van der Waals surface area contributed by atoms with Gasteiger partial charge in [0.2, 0.25) is 0 Å². The van der Waals surface area contributed by atoms with Gasteiger partial charge in [-0.15, -0.1) is 0 Å². The molecule has 0 aliphatic carbocycles. The first-order valence-corrected chi connectivity index (χ1v) is 6.20. The molecule has 0 aliphatic rings. The number of thiol groups is 1. The van der Waals surface area contributed by atoms with Crippen LogP contribution in [0, 0.1) is 0 Å². The Hall–Kier alpha value is -1.17. The topological polar surface area (TPSA) is 64.6 Å². The fraction of sp³-hybridized carbons (Fsp3) is 0.667. The van der Waals surface area contributed by atoms with Gasteiger partial charge in [0.25, 0.3) is 0 Å². The summed E-state index contributed by atoms with van der Waals surface area (Å²) in [5, 5.41) is 2.61. The summed E-state index contributed by atoms with van der Waals surface area (Å²) >= 11 is 4.11. The summed E-state index contributed by atoms with van der Waals surface area (Å²) in [6, 6.07) is -0.387. The molecule has 0 aliphatic heterocycles. The van der Waals surface area contributed by atoms with Crippen molar-refractivity contribution in [3.63, 3.8) is 0 Å². The zero-order chi connectivity index (χ0) is 14.3. The van der Waals surface area contributed by atoms with E-state index in [9.17, 15) is 9.59 Å². The number of methoxy groups -OCH3 is 1. The smallest absolute Gasteiger partial charge is 0.408 e. The number of nitrogens with one attached hydrogen (secondary N) is 1. The molecule has 0 bridgehead atoms. The average Bonchev–Trinajstić information content (AvgIpc) is 2.24. The predicted molar refractivity (Wildman–Crippen MR) is 72.8 cm³/mol. The van der Waals surface area contributed by atoms with Crippen LogP contribution in [0.1, 0.15) is 27.7 Å². The van der Waals surface area contributed by atoms with E-state index in [2.05, 4.69) is 22.7 Å². The van der Waals surface area contributed by atoms with Crippen LogP contribution >= 0.6 is 12.6 Å². The first-order valence-electron chi connectivity index (χ1n) is 5.56. The Morgan fingerprint density at radius 2 is 1.94 bits per heavy atom. The van der Waals surface area contributed by atoms with E-state index in [1.165, 1.54) is 7.11 Å². The highest BCUT2D eigenvalue weighted by Gasteiger charge is 2.18. The van der Waals surface area contributed by atoms with Crippen LogP contribution in [0.5, 0.6) is 0 Å². The summed E-state index contributed by atoms with van der Waals surface area (Å²) in [5.74, 6) is -0.0825. The van der Waals surface area contributed by atoms with Crippen LogP contribution in [0.15, 0.2) is 11.6 Å². The summed E-state index contributed by atoms with van der Waals surface area (Å²) in [6.45, 7) is 6.94. The largest absolute Gasteiger partial charge is 0.466 e. The molecule has 104 valence electrons. The summed E-state index contributed by atoms with van der Waals surface area (Å²) in [4.78, 5) is 22.8. The third-order valence-corrected chi connectivity index (χ3v) is 2.25. The van der Waals surface area contributed by atoms with Crippen LogP contribution in [0.4, 0.5) is 4.79 Å². The SMILES string of the molecule is COC(=O)/C(C)=C/[C@@H](CS)NC(=O)OC(C)(C)C. The van der Waals surface area contributed by atoms with E-state index in [1.807, 2.05) is 0 Å². The van der Waals surface area contributed by atoms with Gasteiger partial charge in [0, 0.05) is 11.3 Å². The maximum absolute atomic E-state index is 11.5. The molecule has 0 aromatic heterocycles. The van der Waals surface area contributed by atoms with Gasteiger partial charge in [-0.05, 0) is 27.7 Å². The molecule has 0 rings (SSSR count). The Bertz CT molecular complexity index is 333. The molecular weight excluding hydrogens is 254 g/mol. The van der Waals surface area contributed by atoms with Crippen molar-refractivity contribution in [2.24, 2.45) is 0 Å². The molecule has 0 aromatic carbocycles. The molecule has 0 aromatic rings. The second-order valence-electron chi connectivity index (χ2n) is 4.78. The van der Waals surface area contributed by atoms with Gasteiger partial charge >= 0.3 is 12.1 Å². The lowest BCUT2D eigenvalue weighted by Crippen LogP contribution is -2.39. The Balaban J connectivity index is 4.53. The standard InChI is InChI=1S/C12H21NO4S/c1-8(10(14)16-5)6-9(7-18)13-11(15)17-12(2,3)4/h6,9,18H,7H2,1-5H3,(H,13,15)/b8-6+/t9-/m0/s1. The second-order valence-corrected chi connectivity index (χ2v) is 5.14. The Kier molecular flexibility index (Phi) is 6.83. The number of hydrogen-bond donors (Lipinski definition) is 2. The molecule has 0 radical (unpaired) electrons. The highest BCUT2D eigenvalue weighted by atomic mass is 32.1. The minimum atomic E-state index is -0.563. The number of rotatable bonds is 4. The molecule has 0 heterocycles. The highest BCUT2D eigenvalue weighted by Crippen LogP contribution is 2.08. The van der Waals surface area contributed by atoms with Crippen molar-refractivity contribution in [3.05, 3.63) is 11.6 Å². The Labute approximate surface area is 113 Å². The van der Waals surface area contributed by atoms with Crippen LogP contribution in [0.2, 0.25) is 0 Å². The maximum atomic E-state index is 11.5. The van der Waals surface area contributed by atoms with E-state index in [4.69, 9.17) is 4.74 Å². The minimum Gasteiger partial charge on any atom is -0.466 e. The molecule has 0 spiro atoms. The number of alkyl carbamates (subject to hydrolysis) is 1. The molecule has 1 N–H and O–H groups in total. The summed E-state index contributed by atoms with van der Waals surface area (Å²) < 4.78 is 9.68. The van der Waals surface area contributed by atoms with Crippen molar-refractivity contribution in [3.8, 4) is 0 Å². The van der Waals surface area contributed by atoms with Gasteiger partial charge in [-0.2, -0.15) is 12.6 Å². The Morgan fingerprint density at radius 1 is 1.39 bits per heavy atom. The van der Waals surface area contributed by atoms with Gasteiger partial charge in [-0.3, -0.25) is 0 Å². The molecule has 0 saturated heterocycles. The van der Waals surface area contributed by atoms with E-state index in [-0.39, 0.29) is 6.04 Å². The van der Waals surface area contributed by atoms with E-state index < -0.39 is 17.7 Å². The van der Waals surface area contributed by atoms with Crippen molar-refractivity contribution in [2.75, 3.05) is 12.9 Å². The molecule has 18 heavy (non-hydrogen) atoms. The van der Waals surface area contributed by atoms with Crippen LogP contribution < -0.4 is 5.32 Å². The van der Waals surface area contributed by atoms with Crippen molar-refractivity contribution >= 4 is 24.7 Å². The number of hydrogen-bond acceptors (Lipinski definition) is 5. The Morgan fingerprint density at radius 3 is 2.33 bits per heavy atom. The van der Waals surface area contributed by atoms with Gasteiger partial charge < -0.3 is 14.8 Å². The monoisotopic (exact) mass is 275 g/mol. The van der Waals surface area contributed by atoms with Gasteiger partial charge in [0.15, 0.2) is 0 Å². The summed E-state index contributed by atoms with van der Waals surface area (Å²) in [6.07, 6.45) is 1.04. The van der Waals surface area contributed by atoms with Gasteiger partial charge in [-0.1, -0.05) is 6.08 Å². The van der Waals surface area contributed by atoms with Crippen LogP contribution in [-0.4, -0.2) is 36.6 Å². The zero-order valence-electron chi connectivity index (χ0n) is 11.4. The molecular formula is C12H21NO4S. The fourth-order valence-corrected chi connectivity index (χ4v) is 1.33. The third kappa shape index (κ3) is 7.21. The number of ether oxygens (including phenoxy) is 2. The number of carbonyl (C=O) groups excluding carboxylic acids is 2. The minimum absolute atomic E-state index is 0.355. The van der Waals surface area contributed by atoms with Crippen molar-refractivity contribution in [1.29, 1.82) is 0 Å². The number of carbonyl (C=O) groups is 2. The number of esters is 1. The second kappa shape index (κ2) is 7.31. The molecule has 6 heteroatoms. The molecule has 1 amide bonds. The lowest BCUT2D eigenvalue weighted by molar-refractivity contribution is -0.136. The molecule has 0 unspecified atom stereocenters. The van der Waals surface area contributed by atoms with Crippen LogP contribution in [0.25, 0.3) is 0 Å².